The van der Waals surface area contributed by atoms with Crippen molar-refractivity contribution in [2.75, 3.05) is 7.11 Å². The lowest BCUT2D eigenvalue weighted by molar-refractivity contribution is -0.176. The third-order valence-electron chi connectivity index (χ3n) is 3.07. The van der Waals surface area contributed by atoms with Crippen molar-refractivity contribution in [3.8, 4) is 0 Å². The van der Waals surface area contributed by atoms with Gasteiger partial charge < -0.3 is 4.74 Å². The van der Waals surface area contributed by atoms with Crippen LogP contribution < -0.4 is 0 Å². The molecule has 0 radical (unpaired) electrons. The molecule has 0 N–H and O–H groups in total. The van der Waals surface area contributed by atoms with Gasteiger partial charge in [-0.05, 0) is 36.1 Å². The molecule has 5 heteroatoms. The molecule has 0 aliphatic heterocycles. The Balaban J connectivity index is 2.23. The lowest BCUT2D eigenvalue weighted by Crippen LogP contribution is -2.38. The van der Waals surface area contributed by atoms with Gasteiger partial charge >= 0.3 is 11.9 Å². The van der Waals surface area contributed by atoms with Gasteiger partial charge in [0.25, 0.3) is 0 Å². The van der Waals surface area contributed by atoms with Crippen LogP contribution in [0.3, 0.4) is 0 Å². The SMILES string of the molecule is COC(=O)C(F)(F)C1Cc2ccc(Cl)cc2C1. The van der Waals surface area contributed by atoms with Gasteiger partial charge in [-0.1, -0.05) is 17.7 Å². The summed E-state index contributed by atoms with van der Waals surface area (Å²) in [5.74, 6) is -5.95. The van der Waals surface area contributed by atoms with Crippen LogP contribution in [-0.4, -0.2) is 19.0 Å². The van der Waals surface area contributed by atoms with Crippen LogP contribution in [-0.2, 0) is 22.4 Å². The van der Waals surface area contributed by atoms with Crippen molar-refractivity contribution in [2.45, 2.75) is 18.8 Å². The maximum atomic E-state index is 13.7. The second-order valence-corrected chi connectivity index (χ2v) is 4.57. The molecule has 0 amide bonds. The average molecular weight is 261 g/mol. The normalized spacial score (nSPS) is 18.9. The molecule has 0 spiro atoms. The molecule has 1 atom stereocenters. The van der Waals surface area contributed by atoms with Crippen LogP contribution in [0.4, 0.5) is 8.78 Å². The fourth-order valence-electron chi connectivity index (χ4n) is 2.15. The standard InChI is InChI=1S/C12H11ClF2O2/c1-17-11(16)12(14,15)9-4-7-2-3-10(13)6-8(7)5-9/h2-3,6,9H,4-5H2,1H3. The largest absolute Gasteiger partial charge is 0.465 e. The third kappa shape index (κ3) is 2.14. The summed E-state index contributed by atoms with van der Waals surface area (Å²) in [6.07, 6.45) is 0.326. The summed E-state index contributed by atoms with van der Waals surface area (Å²) in [6, 6.07) is 5.06. The molecule has 0 heterocycles. The highest BCUT2D eigenvalue weighted by atomic mass is 35.5. The molecule has 1 aromatic carbocycles. The molecule has 1 unspecified atom stereocenters. The number of methoxy groups -OCH3 is 1. The summed E-state index contributed by atoms with van der Waals surface area (Å²) in [7, 11) is 0.967. The first kappa shape index (κ1) is 12.3. The lowest BCUT2D eigenvalue weighted by Gasteiger charge is -2.19. The van der Waals surface area contributed by atoms with Gasteiger partial charge in [-0.2, -0.15) is 8.78 Å². The van der Waals surface area contributed by atoms with E-state index in [1.54, 1.807) is 18.2 Å². The summed E-state index contributed by atoms with van der Waals surface area (Å²) in [5, 5.41) is 0.519. The first-order chi connectivity index (χ1) is 7.95. The van der Waals surface area contributed by atoms with E-state index in [1.807, 2.05) is 0 Å². The van der Waals surface area contributed by atoms with Gasteiger partial charge in [0.2, 0.25) is 0 Å². The summed E-state index contributed by atoms with van der Waals surface area (Å²) in [5.41, 5.74) is 1.61. The first-order valence-corrected chi connectivity index (χ1v) is 5.56. The molecule has 17 heavy (non-hydrogen) atoms. The van der Waals surface area contributed by atoms with Gasteiger partial charge in [-0.25, -0.2) is 4.79 Å². The van der Waals surface area contributed by atoms with Crippen LogP contribution in [0.25, 0.3) is 0 Å². The number of benzene rings is 1. The van der Waals surface area contributed by atoms with Crippen molar-refractivity contribution >= 4 is 17.6 Å². The van der Waals surface area contributed by atoms with E-state index in [-0.39, 0.29) is 12.8 Å². The number of halogens is 3. The van der Waals surface area contributed by atoms with Gasteiger partial charge in [0, 0.05) is 10.9 Å². The number of carbonyl (C=O) groups is 1. The number of esters is 1. The maximum absolute atomic E-state index is 13.7. The number of fused-ring (bicyclic) bond motifs is 1. The minimum Gasteiger partial charge on any atom is -0.465 e. The Kier molecular flexibility index (Phi) is 3.08. The minimum atomic E-state index is -3.44. The summed E-state index contributed by atoms with van der Waals surface area (Å²) < 4.78 is 31.5. The molecular weight excluding hydrogens is 250 g/mol. The molecule has 2 nitrogen and oxygen atoms in total. The number of hydrogen-bond acceptors (Lipinski definition) is 2. The van der Waals surface area contributed by atoms with E-state index < -0.39 is 17.8 Å². The molecule has 0 saturated carbocycles. The van der Waals surface area contributed by atoms with E-state index in [9.17, 15) is 13.6 Å². The molecule has 0 aromatic heterocycles. The van der Waals surface area contributed by atoms with Crippen LogP contribution in [0.5, 0.6) is 0 Å². The van der Waals surface area contributed by atoms with Crippen LogP contribution >= 0.6 is 11.6 Å². The molecular formula is C12H11ClF2O2. The molecule has 1 aromatic rings. The fraction of sp³-hybridized carbons (Fsp3) is 0.417. The predicted molar refractivity (Wildman–Crippen MR) is 59.3 cm³/mol. The lowest BCUT2D eigenvalue weighted by atomic mass is 9.98. The third-order valence-corrected chi connectivity index (χ3v) is 3.31. The number of ether oxygens (including phenoxy) is 1. The van der Waals surface area contributed by atoms with Crippen molar-refractivity contribution in [1.29, 1.82) is 0 Å². The van der Waals surface area contributed by atoms with Crippen LogP contribution in [0.2, 0.25) is 5.02 Å². The van der Waals surface area contributed by atoms with Crippen molar-refractivity contribution in [1.82, 2.24) is 0 Å². The molecule has 1 aliphatic carbocycles. The Morgan fingerprint density at radius 2 is 2.06 bits per heavy atom. The van der Waals surface area contributed by atoms with Gasteiger partial charge in [-0.3, -0.25) is 0 Å². The van der Waals surface area contributed by atoms with Crippen molar-refractivity contribution < 1.29 is 18.3 Å². The van der Waals surface area contributed by atoms with Crippen molar-refractivity contribution in [2.24, 2.45) is 5.92 Å². The molecule has 0 saturated heterocycles. The quantitative estimate of drug-likeness (QED) is 0.765. The molecule has 0 fully saturated rings. The maximum Gasteiger partial charge on any atom is 0.377 e. The van der Waals surface area contributed by atoms with Crippen LogP contribution in [0.1, 0.15) is 11.1 Å². The zero-order valence-corrected chi connectivity index (χ0v) is 9.93. The average Bonchev–Trinajstić information content (AvgIpc) is 2.71. The summed E-state index contributed by atoms with van der Waals surface area (Å²) >= 11 is 5.80. The van der Waals surface area contributed by atoms with Gasteiger partial charge in [-0.15, -0.1) is 0 Å². The highest BCUT2D eigenvalue weighted by Gasteiger charge is 2.50. The van der Waals surface area contributed by atoms with E-state index in [4.69, 9.17) is 11.6 Å². The second-order valence-electron chi connectivity index (χ2n) is 4.13. The van der Waals surface area contributed by atoms with E-state index in [0.717, 1.165) is 18.2 Å². The van der Waals surface area contributed by atoms with Crippen molar-refractivity contribution in [3.05, 3.63) is 34.3 Å². The zero-order valence-electron chi connectivity index (χ0n) is 9.17. The Morgan fingerprint density at radius 1 is 1.41 bits per heavy atom. The van der Waals surface area contributed by atoms with E-state index >= 15 is 0 Å². The Bertz CT molecular complexity index is 460. The summed E-state index contributed by atoms with van der Waals surface area (Å²) in [4.78, 5) is 11.0. The van der Waals surface area contributed by atoms with Crippen LogP contribution in [0, 0.1) is 5.92 Å². The van der Waals surface area contributed by atoms with Gasteiger partial charge in [0.15, 0.2) is 0 Å². The fourth-order valence-corrected chi connectivity index (χ4v) is 2.34. The number of hydrogen-bond donors (Lipinski definition) is 0. The Morgan fingerprint density at radius 3 is 2.71 bits per heavy atom. The topological polar surface area (TPSA) is 26.3 Å². The minimum absolute atomic E-state index is 0.151. The Hall–Kier alpha value is -1.16. The number of rotatable bonds is 2. The zero-order chi connectivity index (χ0) is 12.6. The van der Waals surface area contributed by atoms with Crippen LogP contribution in [0.15, 0.2) is 18.2 Å². The highest BCUT2D eigenvalue weighted by molar-refractivity contribution is 6.30. The van der Waals surface area contributed by atoms with Crippen molar-refractivity contribution in [3.63, 3.8) is 0 Å². The van der Waals surface area contributed by atoms with E-state index in [1.165, 1.54) is 0 Å². The summed E-state index contributed by atoms with van der Waals surface area (Å²) in [6.45, 7) is 0. The van der Waals surface area contributed by atoms with Gasteiger partial charge in [0.05, 0.1) is 7.11 Å². The Labute approximate surface area is 103 Å². The first-order valence-electron chi connectivity index (χ1n) is 5.18. The molecule has 92 valence electrons. The molecule has 0 bridgehead atoms. The van der Waals surface area contributed by atoms with E-state index in [0.29, 0.717) is 5.02 Å². The number of alkyl halides is 2. The predicted octanol–water partition coefficient (Wildman–Crippen LogP) is 2.86. The highest BCUT2D eigenvalue weighted by Crippen LogP contribution is 2.38. The smallest absolute Gasteiger partial charge is 0.377 e. The van der Waals surface area contributed by atoms with E-state index in [2.05, 4.69) is 4.74 Å². The molecule has 2 rings (SSSR count). The molecule has 1 aliphatic rings. The number of carbonyl (C=O) groups excluding carboxylic acids is 1. The second kappa shape index (κ2) is 4.26. The van der Waals surface area contributed by atoms with Gasteiger partial charge in [0.1, 0.15) is 0 Å². The monoisotopic (exact) mass is 260 g/mol.